The molecule has 0 N–H and O–H groups in total. The van der Waals surface area contributed by atoms with Crippen LogP contribution in [0, 0.1) is 11.3 Å². The van der Waals surface area contributed by atoms with Crippen molar-refractivity contribution in [2.24, 2.45) is 11.3 Å². The summed E-state index contributed by atoms with van der Waals surface area (Å²) in [6, 6.07) is 0. The van der Waals surface area contributed by atoms with E-state index in [1.54, 1.807) is 0 Å². The Labute approximate surface area is 79.7 Å². The molecule has 2 aliphatic rings. The number of carbonyl (C=O) groups is 1. The van der Waals surface area contributed by atoms with Gasteiger partial charge in [-0.25, -0.2) is 0 Å². The summed E-state index contributed by atoms with van der Waals surface area (Å²) in [5.74, 6) is 0.523. The lowest BCUT2D eigenvalue weighted by molar-refractivity contribution is -0.257. The van der Waals surface area contributed by atoms with Crippen LogP contribution >= 0.6 is 0 Å². The predicted octanol–water partition coefficient (Wildman–Crippen LogP) is 2.52. The first-order valence-electron chi connectivity index (χ1n) is 5.24. The maximum absolute atomic E-state index is 11.3. The second-order valence-corrected chi connectivity index (χ2v) is 5.05. The number of rotatable bonds is 0. The van der Waals surface area contributed by atoms with Gasteiger partial charge >= 0.3 is 5.97 Å². The summed E-state index contributed by atoms with van der Waals surface area (Å²) < 4.78 is 5.46. The molecule has 2 rings (SSSR count). The molecular weight excluding hydrogens is 164 g/mol. The van der Waals surface area contributed by atoms with E-state index in [2.05, 4.69) is 6.92 Å². The first-order chi connectivity index (χ1) is 6.01. The van der Waals surface area contributed by atoms with E-state index < -0.39 is 0 Å². The van der Waals surface area contributed by atoms with E-state index in [1.165, 1.54) is 19.3 Å². The van der Waals surface area contributed by atoms with Crippen molar-refractivity contribution in [2.75, 3.05) is 0 Å². The van der Waals surface area contributed by atoms with Crippen LogP contribution in [0.2, 0.25) is 0 Å². The molecule has 13 heavy (non-hydrogen) atoms. The fourth-order valence-electron chi connectivity index (χ4n) is 2.94. The lowest BCUT2D eigenvalue weighted by atomic mass is 9.58. The molecule has 0 aromatic heterocycles. The zero-order valence-corrected chi connectivity index (χ0v) is 8.72. The van der Waals surface area contributed by atoms with Crippen LogP contribution in [0.3, 0.4) is 0 Å². The van der Waals surface area contributed by atoms with Crippen molar-refractivity contribution in [1.82, 2.24) is 0 Å². The van der Waals surface area contributed by atoms with Crippen LogP contribution in [-0.4, -0.2) is 11.6 Å². The minimum atomic E-state index is -0.243. The van der Waals surface area contributed by atoms with E-state index in [9.17, 15) is 4.79 Å². The normalized spacial score (nSPS) is 42.7. The molecule has 0 radical (unpaired) electrons. The van der Waals surface area contributed by atoms with Crippen LogP contribution in [0.25, 0.3) is 0 Å². The van der Waals surface area contributed by atoms with E-state index in [1.807, 2.05) is 13.8 Å². The molecule has 1 spiro atoms. The van der Waals surface area contributed by atoms with Crippen molar-refractivity contribution in [1.29, 1.82) is 0 Å². The molecule has 0 amide bonds. The molecule has 1 aliphatic heterocycles. The molecule has 1 saturated heterocycles. The molecule has 0 unspecified atom stereocenters. The summed E-state index contributed by atoms with van der Waals surface area (Å²) in [5.41, 5.74) is -0.366. The molecule has 0 bridgehead atoms. The molecule has 2 atom stereocenters. The third kappa shape index (κ3) is 0.918. The summed E-state index contributed by atoms with van der Waals surface area (Å²) in [6.07, 6.45) is 4.77. The minimum absolute atomic E-state index is 0.0127. The predicted molar refractivity (Wildman–Crippen MR) is 50.2 cm³/mol. The SMILES string of the molecule is C[C@@H]1CCCC[C@]12OC(=O)C2(C)C. The van der Waals surface area contributed by atoms with Gasteiger partial charge in [-0.3, -0.25) is 4.79 Å². The van der Waals surface area contributed by atoms with E-state index in [-0.39, 0.29) is 17.0 Å². The molecule has 74 valence electrons. The van der Waals surface area contributed by atoms with Crippen molar-refractivity contribution in [3.63, 3.8) is 0 Å². The second kappa shape index (κ2) is 2.49. The number of hydrogen-bond acceptors (Lipinski definition) is 2. The Morgan fingerprint density at radius 1 is 1.38 bits per heavy atom. The molecule has 1 heterocycles. The van der Waals surface area contributed by atoms with Crippen LogP contribution in [0.15, 0.2) is 0 Å². The van der Waals surface area contributed by atoms with Gasteiger partial charge in [0.25, 0.3) is 0 Å². The lowest BCUT2D eigenvalue weighted by Gasteiger charge is -2.58. The minimum Gasteiger partial charge on any atom is -0.457 e. The van der Waals surface area contributed by atoms with E-state index in [4.69, 9.17) is 4.74 Å². The molecular formula is C11H18O2. The van der Waals surface area contributed by atoms with Crippen LogP contribution in [0.1, 0.15) is 46.5 Å². The summed E-state index contributed by atoms with van der Waals surface area (Å²) >= 11 is 0. The standard InChI is InChI=1S/C11H18O2/c1-8-6-4-5-7-11(8)10(2,3)9(12)13-11/h8H,4-7H2,1-3H3/t8-,11+/m1/s1. The van der Waals surface area contributed by atoms with Crippen molar-refractivity contribution in [3.8, 4) is 0 Å². The van der Waals surface area contributed by atoms with Crippen molar-refractivity contribution in [3.05, 3.63) is 0 Å². The smallest absolute Gasteiger partial charge is 0.316 e. The average molecular weight is 182 g/mol. The van der Waals surface area contributed by atoms with Gasteiger partial charge in [0.1, 0.15) is 11.0 Å². The van der Waals surface area contributed by atoms with Crippen LogP contribution in [0.4, 0.5) is 0 Å². The zero-order chi connectivity index (χ0) is 9.69. The lowest BCUT2D eigenvalue weighted by Crippen LogP contribution is -2.67. The van der Waals surface area contributed by atoms with Gasteiger partial charge in [0.05, 0.1) is 0 Å². The third-order valence-electron chi connectivity index (χ3n) is 4.07. The largest absolute Gasteiger partial charge is 0.457 e. The van der Waals surface area contributed by atoms with Gasteiger partial charge in [-0.15, -0.1) is 0 Å². The first-order valence-corrected chi connectivity index (χ1v) is 5.24. The van der Waals surface area contributed by atoms with Gasteiger partial charge in [0, 0.05) is 0 Å². The maximum atomic E-state index is 11.3. The van der Waals surface area contributed by atoms with Crippen LogP contribution in [0.5, 0.6) is 0 Å². The summed E-state index contributed by atoms with van der Waals surface area (Å²) in [4.78, 5) is 11.3. The van der Waals surface area contributed by atoms with E-state index in [0.717, 1.165) is 6.42 Å². The Hall–Kier alpha value is -0.530. The summed E-state index contributed by atoms with van der Waals surface area (Å²) in [6.45, 7) is 6.27. The fourth-order valence-corrected chi connectivity index (χ4v) is 2.94. The highest BCUT2D eigenvalue weighted by atomic mass is 16.6. The topological polar surface area (TPSA) is 26.3 Å². The summed E-state index contributed by atoms with van der Waals surface area (Å²) in [5, 5.41) is 0. The average Bonchev–Trinajstić information content (AvgIpc) is 2.09. The van der Waals surface area contributed by atoms with Gasteiger partial charge in [-0.1, -0.05) is 13.3 Å². The molecule has 2 fully saturated rings. The highest BCUT2D eigenvalue weighted by molar-refractivity contribution is 5.84. The Kier molecular flexibility index (Phi) is 1.73. The maximum Gasteiger partial charge on any atom is 0.316 e. The fraction of sp³-hybridized carbons (Fsp3) is 0.909. The number of ether oxygens (including phenoxy) is 1. The molecule has 2 nitrogen and oxygen atoms in total. The van der Waals surface area contributed by atoms with Gasteiger partial charge in [0.2, 0.25) is 0 Å². The first kappa shape index (κ1) is 9.04. The molecule has 1 aliphatic carbocycles. The Morgan fingerprint density at radius 3 is 2.54 bits per heavy atom. The van der Waals surface area contributed by atoms with Crippen LogP contribution in [-0.2, 0) is 9.53 Å². The van der Waals surface area contributed by atoms with Crippen molar-refractivity contribution >= 4 is 5.97 Å². The van der Waals surface area contributed by atoms with Crippen molar-refractivity contribution in [2.45, 2.75) is 52.1 Å². The molecule has 0 aromatic carbocycles. The molecule has 2 heteroatoms. The van der Waals surface area contributed by atoms with Gasteiger partial charge in [-0.2, -0.15) is 0 Å². The number of carbonyl (C=O) groups excluding carboxylic acids is 1. The quantitative estimate of drug-likeness (QED) is 0.538. The highest BCUT2D eigenvalue weighted by Gasteiger charge is 2.65. The molecule has 1 saturated carbocycles. The Morgan fingerprint density at radius 2 is 2.08 bits per heavy atom. The van der Waals surface area contributed by atoms with Crippen LogP contribution < -0.4 is 0 Å². The Balaban J connectivity index is 2.25. The van der Waals surface area contributed by atoms with Gasteiger partial charge in [0.15, 0.2) is 0 Å². The van der Waals surface area contributed by atoms with Crippen molar-refractivity contribution < 1.29 is 9.53 Å². The van der Waals surface area contributed by atoms with Gasteiger partial charge in [-0.05, 0) is 39.0 Å². The van der Waals surface area contributed by atoms with E-state index >= 15 is 0 Å². The van der Waals surface area contributed by atoms with E-state index in [0.29, 0.717) is 5.92 Å². The third-order valence-corrected chi connectivity index (χ3v) is 4.07. The Bertz CT molecular complexity index is 244. The molecule has 0 aromatic rings. The second-order valence-electron chi connectivity index (χ2n) is 5.05. The van der Waals surface area contributed by atoms with Gasteiger partial charge < -0.3 is 4.74 Å². The highest BCUT2D eigenvalue weighted by Crippen LogP contribution is 2.56. The number of hydrogen-bond donors (Lipinski definition) is 0. The summed E-state index contributed by atoms with van der Waals surface area (Å²) in [7, 11) is 0. The monoisotopic (exact) mass is 182 g/mol. The number of esters is 1. The zero-order valence-electron chi connectivity index (χ0n) is 8.72.